The average Bonchev–Trinajstić information content (AvgIpc) is 2.35. The second kappa shape index (κ2) is 1.25. The smallest absolute Gasteiger partial charge is 0.191 e. The van der Waals surface area contributed by atoms with Gasteiger partial charge in [0.05, 0.1) is 18.6 Å². The van der Waals surface area contributed by atoms with Crippen LogP contribution in [0.2, 0.25) is 0 Å². The molecule has 0 aliphatic carbocycles. The molecule has 0 amide bonds. The van der Waals surface area contributed by atoms with E-state index in [1.54, 1.807) is 6.20 Å². The predicted octanol–water partition coefficient (Wildman–Crippen LogP) is -0.232. The van der Waals surface area contributed by atoms with E-state index in [1.165, 1.54) is 16.9 Å². The molecule has 0 saturated heterocycles. The molecule has 2 heterocycles. The lowest BCUT2D eigenvalue weighted by Gasteiger charge is -1.83. The Bertz CT molecular complexity index is 322. The maximum absolute atomic E-state index is 8.92. The predicted molar refractivity (Wildman–Crippen MR) is 28.2 cm³/mol. The molecule has 2 aromatic heterocycles. The van der Waals surface area contributed by atoms with E-state index in [4.69, 9.17) is 5.21 Å². The van der Waals surface area contributed by atoms with Crippen LogP contribution in [0.4, 0.5) is 0 Å². The van der Waals surface area contributed by atoms with Gasteiger partial charge in [-0.05, 0) is 0 Å². The number of hydrogen-bond acceptors (Lipinski definition) is 3. The van der Waals surface area contributed by atoms with Crippen molar-refractivity contribution in [2.75, 3.05) is 0 Å². The minimum Gasteiger partial charge on any atom is -0.427 e. The van der Waals surface area contributed by atoms with Crippen LogP contribution in [0.25, 0.3) is 5.65 Å². The monoisotopic (exact) mass is 124 g/mol. The van der Waals surface area contributed by atoms with E-state index >= 15 is 0 Å². The molecule has 1 N–H and O–H groups in total. The number of nitrogens with zero attached hydrogens (tertiary/aromatic N) is 4. The largest absolute Gasteiger partial charge is 0.427 e. The fourth-order valence-electron chi connectivity index (χ4n) is 0.711. The minimum absolute atomic E-state index is 0.565. The van der Waals surface area contributed by atoms with E-state index in [9.17, 15) is 0 Å². The third kappa shape index (κ3) is 0.426. The van der Waals surface area contributed by atoms with Crippen molar-refractivity contribution in [3.63, 3.8) is 0 Å². The lowest BCUT2D eigenvalue weighted by molar-refractivity contribution is 0.198. The van der Waals surface area contributed by atoms with Crippen LogP contribution >= 0.6 is 0 Å². The first-order valence-corrected chi connectivity index (χ1v) is 2.44. The zero-order chi connectivity index (χ0) is 6.27. The summed E-state index contributed by atoms with van der Waals surface area (Å²) in [7, 11) is 0. The van der Waals surface area contributed by atoms with Gasteiger partial charge in [-0.3, -0.25) is 0 Å². The second-order valence-electron chi connectivity index (χ2n) is 1.68. The van der Waals surface area contributed by atoms with Crippen molar-refractivity contribution in [2.24, 2.45) is 0 Å². The fourth-order valence-corrected chi connectivity index (χ4v) is 0.711. The van der Waals surface area contributed by atoms with Crippen LogP contribution < -0.4 is 0 Å². The maximum atomic E-state index is 8.92. The average molecular weight is 124 g/mol. The van der Waals surface area contributed by atoms with Gasteiger partial charge in [-0.25, -0.2) is 0 Å². The van der Waals surface area contributed by atoms with E-state index in [0.29, 0.717) is 5.65 Å². The topological polar surface area (TPSA) is 55.4 Å². The Kier molecular flexibility index (Phi) is 0.606. The summed E-state index contributed by atoms with van der Waals surface area (Å²) in [5.41, 5.74) is 0.565. The van der Waals surface area contributed by atoms with Crippen LogP contribution in [-0.4, -0.2) is 24.8 Å². The summed E-state index contributed by atoms with van der Waals surface area (Å²) in [5.74, 6) is 0. The highest BCUT2D eigenvalue weighted by atomic mass is 16.5. The van der Waals surface area contributed by atoms with E-state index in [0.717, 1.165) is 4.73 Å². The first-order chi connectivity index (χ1) is 4.38. The fraction of sp³-hybridized carbons (Fsp3) is 0. The minimum atomic E-state index is 0.565. The van der Waals surface area contributed by atoms with Crippen molar-refractivity contribution < 1.29 is 5.21 Å². The summed E-state index contributed by atoms with van der Waals surface area (Å²) < 4.78 is 2.43. The molecular formula is C4H4N4O. The molecule has 2 rings (SSSR count). The number of imidazole rings is 1. The molecule has 9 heavy (non-hydrogen) atoms. The van der Waals surface area contributed by atoms with Crippen molar-refractivity contribution in [1.82, 2.24) is 19.6 Å². The first-order valence-electron chi connectivity index (χ1n) is 2.44. The van der Waals surface area contributed by atoms with Crippen molar-refractivity contribution in [3.8, 4) is 0 Å². The normalized spacial score (nSPS) is 10.7. The molecule has 0 bridgehead atoms. The van der Waals surface area contributed by atoms with Gasteiger partial charge in [0.1, 0.15) is 0 Å². The van der Waals surface area contributed by atoms with Gasteiger partial charge in [0.2, 0.25) is 0 Å². The molecule has 0 aliphatic heterocycles. The molecule has 0 spiro atoms. The van der Waals surface area contributed by atoms with Crippen molar-refractivity contribution in [3.05, 3.63) is 18.6 Å². The Morgan fingerprint density at radius 2 is 2.33 bits per heavy atom. The van der Waals surface area contributed by atoms with E-state index in [2.05, 4.69) is 10.3 Å². The molecule has 2 aromatic rings. The van der Waals surface area contributed by atoms with E-state index in [1.807, 2.05) is 0 Å². The summed E-state index contributed by atoms with van der Waals surface area (Å²) in [6.07, 6.45) is 4.58. The molecule has 0 fully saturated rings. The lowest BCUT2D eigenvalue weighted by Crippen LogP contribution is -1.85. The van der Waals surface area contributed by atoms with E-state index in [-0.39, 0.29) is 0 Å². The molecule has 5 nitrogen and oxygen atoms in total. The Morgan fingerprint density at radius 3 is 3.11 bits per heavy atom. The Labute approximate surface area is 50.1 Å². The highest BCUT2D eigenvalue weighted by molar-refractivity contribution is 5.33. The van der Waals surface area contributed by atoms with Crippen molar-refractivity contribution in [2.45, 2.75) is 0 Å². The Hall–Kier alpha value is -1.52. The maximum Gasteiger partial charge on any atom is 0.191 e. The SMILES string of the molecule is On1ccn2nncc12. The highest BCUT2D eigenvalue weighted by Crippen LogP contribution is 1.96. The van der Waals surface area contributed by atoms with Gasteiger partial charge >= 0.3 is 0 Å². The van der Waals surface area contributed by atoms with Gasteiger partial charge in [0, 0.05) is 0 Å². The third-order valence-electron chi connectivity index (χ3n) is 1.14. The second-order valence-corrected chi connectivity index (χ2v) is 1.68. The molecule has 0 radical (unpaired) electrons. The molecule has 0 aliphatic rings. The number of hydrogen-bond donors (Lipinski definition) is 1. The van der Waals surface area contributed by atoms with Gasteiger partial charge in [0.15, 0.2) is 5.65 Å². The van der Waals surface area contributed by atoms with Crippen LogP contribution in [0.15, 0.2) is 18.6 Å². The quantitative estimate of drug-likeness (QED) is 0.493. The van der Waals surface area contributed by atoms with E-state index < -0.39 is 0 Å². The van der Waals surface area contributed by atoms with Crippen LogP contribution in [0.1, 0.15) is 0 Å². The van der Waals surface area contributed by atoms with Gasteiger partial charge in [-0.2, -0.15) is 9.25 Å². The van der Waals surface area contributed by atoms with Gasteiger partial charge < -0.3 is 5.21 Å². The van der Waals surface area contributed by atoms with Crippen LogP contribution in [0, 0.1) is 0 Å². The van der Waals surface area contributed by atoms with Crippen molar-refractivity contribution >= 4 is 5.65 Å². The third-order valence-corrected chi connectivity index (χ3v) is 1.14. The number of rotatable bonds is 0. The molecule has 5 heteroatoms. The molecule has 0 atom stereocenters. The molecular weight excluding hydrogens is 120 g/mol. The van der Waals surface area contributed by atoms with Gasteiger partial charge in [-0.1, -0.05) is 5.21 Å². The summed E-state index contributed by atoms with van der Waals surface area (Å²) in [6.45, 7) is 0. The molecule has 0 saturated carbocycles. The summed E-state index contributed by atoms with van der Waals surface area (Å²) >= 11 is 0. The summed E-state index contributed by atoms with van der Waals surface area (Å²) in [4.78, 5) is 0. The lowest BCUT2D eigenvalue weighted by atomic mass is 10.8. The molecule has 0 unspecified atom stereocenters. The van der Waals surface area contributed by atoms with Crippen LogP contribution in [0.5, 0.6) is 0 Å². The van der Waals surface area contributed by atoms with Gasteiger partial charge in [0.25, 0.3) is 0 Å². The Morgan fingerprint density at radius 1 is 1.44 bits per heavy atom. The molecule has 46 valence electrons. The number of aromatic nitrogens is 4. The number of fused-ring (bicyclic) bond motifs is 1. The van der Waals surface area contributed by atoms with Crippen molar-refractivity contribution in [1.29, 1.82) is 0 Å². The zero-order valence-corrected chi connectivity index (χ0v) is 4.47. The highest BCUT2D eigenvalue weighted by Gasteiger charge is 1.96. The van der Waals surface area contributed by atoms with Gasteiger partial charge in [-0.15, -0.1) is 5.10 Å². The van der Waals surface area contributed by atoms with Crippen LogP contribution in [0.3, 0.4) is 0 Å². The van der Waals surface area contributed by atoms with Crippen LogP contribution in [-0.2, 0) is 0 Å². The zero-order valence-electron chi connectivity index (χ0n) is 4.47. The first kappa shape index (κ1) is 4.37. The Balaban J connectivity index is 2.99. The molecule has 0 aromatic carbocycles. The summed E-state index contributed by atoms with van der Waals surface area (Å²) in [6, 6.07) is 0. The summed E-state index contributed by atoms with van der Waals surface area (Å²) in [5, 5.41) is 16.1. The standard InChI is InChI=1S/C4H4N4O/c9-8-2-1-7-4(8)3-5-6-7/h1-3,9H.